The fourth-order valence-electron chi connectivity index (χ4n) is 1.92. The Labute approximate surface area is 152 Å². The Morgan fingerprint density at radius 2 is 1.96 bits per heavy atom. The van der Waals surface area contributed by atoms with Crippen LogP contribution >= 0.6 is 27.5 Å². The average Bonchev–Trinajstić information content (AvgIpc) is 2.52. The molecule has 24 heavy (non-hydrogen) atoms. The van der Waals surface area contributed by atoms with E-state index in [1.54, 1.807) is 18.2 Å². The number of carbonyl (C=O) groups excluding carboxylic acids is 1. The van der Waals surface area contributed by atoms with Crippen LogP contribution in [0.15, 0.2) is 45.8 Å². The van der Waals surface area contributed by atoms with Crippen LogP contribution in [0.25, 0.3) is 0 Å². The van der Waals surface area contributed by atoms with Gasteiger partial charge in [-0.3, -0.25) is 0 Å². The molecular weight excluding hydrogens is 422 g/mol. The number of benzene rings is 2. The van der Waals surface area contributed by atoms with Crippen molar-refractivity contribution in [3.05, 3.63) is 57.0 Å². The Hall–Kier alpha value is -1.61. The first-order valence-corrected chi connectivity index (χ1v) is 9.26. The first-order chi connectivity index (χ1) is 11.2. The van der Waals surface area contributed by atoms with E-state index >= 15 is 0 Å². The van der Waals surface area contributed by atoms with Crippen molar-refractivity contribution in [2.24, 2.45) is 5.14 Å². The van der Waals surface area contributed by atoms with Crippen LogP contribution in [-0.2, 0) is 21.4 Å². The van der Waals surface area contributed by atoms with Gasteiger partial charge >= 0.3 is 5.97 Å². The highest BCUT2D eigenvalue weighted by Gasteiger charge is 2.17. The summed E-state index contributed by atoms with van der Waals surface area (Å²) in [6.45, 7) is -0.0720. The fraction of sp³-hybridized carbons (Fsp3) is 0.133. The summed E-state index contributed by atoms with van der Waals surface area (Å²) in [7, 11) is -2.45. The molecule has 0 atom stereocenters. The van der Waals surface area contributed by atoms with Crippen LogP contribution in [0.4, 0.5) is 0 Å². The second-order valence-electron chi connectivity index (χ2n) is 4.72. The van der Waals surface area contributed by atoms with Gasteiger partial charge in [0.1, 0.15) is 12.4 Å². The van der Waals surface area contributed by atoms with Crippen molar-refractivity contribution in [1.29, 1.82) is 0 Å². The molecule has 0 bridgehead atoms. The Balaban J connectivity index is 2.24. The zero-order valence-electron chi connectivity index (χ0n) is 12.5. The Bertz CT molecular complexity index is 885. The Morgan fingerprint density at radius 1 is 1.25 bits per heavy atom. The third-order valence-corrected chi connectivity index (χ3v) is 4.82. The summed E-state index contributed by atoms with van der Waals surface area (Å²) < 4.78 is 33.9. The van der Waals surface area contributed by atoms with Crippen LogP contribution in [0.3, 0.4) is 0 Å². The molecule has 0 spiro atoms. The van der Waals surface area contributed by atoms with Crippen LogP contribution in [0.5, 0.6) is 5.75 Å². The van der Waals surface area contributed by atoms with E-state index in [9.17, 15) is 13.2 Å². The minimum Gasteiger partial charge on any atom is -0.496 e. The Kier molecular flexibility index (Phi) is 5.87. The molecule has 0 aliphatic heterocycles. The summed E-state index contributed by atoms with van der Waals surface area (Å²) in [5, 5.41) is 5.11. The van der Waals surface area contributed by atoms with Crippen LogP contribution in [-0.4, -0.2) is 21.5 Å². The minimum absolute atomic E-state index is 0.0635. The van der Waals surface area contributed by atoms with Crippen molar-refractivity contribution < 1.29 is 22.7 Å². The maximum Gasteiger partial charge on any atom is 0.340 e. The molecule has 2 rings (SSSR count). The molecule has 0 radical (unpaired) electrons. The predicted octanol–water partition coefficient (Wildman–Crippen LogP) is 3.12. The lowest BCUT2D eigenvalue weighted by Crippen LogP contribution is -2.14. The van der Waals surface area contributed by atoms with Crippen molar-refractivity contribution in [2.75, 3.05) is 7.11 Å². The second kappa shape index (κ2) is 7.52. The predicted molar refractivity (Wildman–Crippen MR) is 92.6 cm³/mol. The van der Waals surface area contributed by atoms with Crippen LogP contribution < -0.4 is 9.88 Å². The maximum atomic E-state index is 12.2. The highest BCUT2D eigenvalue weighted by molar-refractivity contribution is 9.10. The van der Waals surface area contributed by atoms with Gasteiger partial charge < -0.3 is 9.47 Å². The number of nitrogens with two attached hydrogens (primary N) is 1. The van der Waals surface area contributed by atoms with Gasteiger partial charge in [-0.2, -0.15) is 0 Å². The molecule has 0 heterocycles. The third kappa shape index (κ3) is 4.47. The van der Waals surface area contributed by atoms with E-state index in [4.69, 9.17) is 26.2 Å². The van der Waals surface area contributed by atoms with Gasteiger partial charge in [-0.05, 0) is 36.4 Å². The SMILES string of the molecule is COc1ccc(Br)cc1COC(=O)c1cc(S(N)(=O)=O)ccc1Cl. The summed E-state index contributed by atoms with van der Waals surface area (Å²) in [4.78, 5) is 12.0. The standard InChI is InChI=1S/C15H13BrClNO5S/c1-22-14-5-2-10(16)6-9(14)8-23-15(19)12-7-11(24(18,20)21)3-4-13(12)17/h2-7H,8H2,1H3,(H2,18,20,21). The van der Waals surface area contributed by atoms with Gasteiger partial charge in [-0.15, -0.1) is 0 Å². The third-order valence-electron chi connectivity index (χ3n) is 3.09. The smallest absolute Gasteiger partial charge is 0.340 e. The van der Waals surface area contributed by atoms with Crippen molar-refractivity contribution in [3.8, 4) is 5.75 Å². The van der Waals surface area contributed by atoms with E-state index in [0.717, 1.165) is 10.5 Å². The minimum atomic E-state index is -3.95. The van der Waals surface area contributed by atoms with Crippen molar-refractivity contribution in [3.63, 3.8) is 0 Å². The largest absolute Gasteiger partial charge is 0.496 e. The zero-order valence-corrected chi connectivity index (χ0v) is 15.6. The number of rotatable bonds is 5. The monoisotopic (exact) mass is 433 g/mol. The number of halogens is 2. The topological polar surface area (TPSA) is 95.7 Å². The van der Waals surface area contributed by atoms with Crippen LogP contribution in [0.2, 0.25) is 5.02 Å². The number of carbonyl (C=O) groups is 1. The lowest BCUT2D eigenvalue weighted by Gasteiger charge is -2.11. The number of esters is 1. The van der Waals surface area contributed by atoms with Crippen LogP contribution in [0, 0.1) is 0 Å². The highest BCUT2D eigenvalue weighted by atomic mass is 79.9. The molecule has 128 valence electrons. The summed E-state index contributed by atoms with van der Waals surface area (Å²) in [5.74, 6) is -0.220. The molecule has 0 saturated heterocycles. The molecule has 2 N–H and O–H groups in total. The molecule has 0 fully saturated rings. The molecule has 0 aliphatic rings. The molecule has 0 amide bonds. The number of hydrogen-bond donors (Lipinski definition) is 1. The first kappa shape index (κ1) is 18.7. The molecule has 0 unspecified atom stereocenters. The van der Waals surface area contributed by atoms with E-state index < -0.39 is 16.0 Å². The molecule has 2 aromatic carbocycles. The maximum absolute atomic E-state index is 12.2. The first-order valence-electron chi connectivity index (χ1n) is 6.54. The molecular formula is C15H13BrClNO5S. The number of primary sulfonamides is 1. The number of methoxy groups -OCH3 is 1. The van der Waals surface area contributed by atoms with E-state index in [0.29, 0.717) is 11.3 Å². The normalized spacial score (nSPS) is 11.2. The van der Waals surface area contributed by atoms with Gasteiger partial charge in [0, 0.05) is 10.0 Å². The molecule has 0 aromatic heterocycles. The Morgan fingerprint density at radius 3 is 2.58 bits per heavy atom. The van der Waals surface area contributed by atoms with E-state index in [2.05, 4.69) is 15.9 Å². The zero-order chi connectivity index (χ0) is 17.9. The van der Waals surface area contributed by atoms with Gasteiger partial charge in [-0.25, -0.2) is 18.4 Å². The van der Waals surface area contributed by atoms with Crippen molar-refractivity contribution in [2.45, 2.75) is 11.5 Å². The van der Waals surface area contributed by atoms with Gasteiger partial charge in [0.15, 0.2) is 0 Å². The van der Waals surface area contributed by atoms with Gasteiger partial charge in [0.25, 0.3) is 0 Å². The molecule has 2 aromatic rings. The molecule has 6 nitrogen and oxygen atoms in total. The molecule has 0 saturated carbocycles. The summed E-state index contributed by atoms with van der Waals surface area (Å²) in [5.41, 5.74) is 0.552. The van der Waals surface area contributed by atoms with E-state index in [-0.39, 0.29) is 22.1 Å². The van der Waals surface area contributed by atoms with Crippen LogP contribution in [0.1, 0.15) is 15.9 Å². The number of sulfonamides is 1. The quantitative estimate of drug-likeness (QED) is 0.730. The summed E-state index contributed by atoms with van der Waals surface area (Å²) in [6, 6.07) is 8.83. The lowest BCUT2D eigenvalue weighted by molar-refractivity contribution is 0.0470. The molecule has 0 aliphatic carbocycles. The van der Waals surface area contributed by atoms with Gasteiger partial charge in [-0.1, -0.05) is 27.5 Å². The van der Waals surface area contributed by atoms with Crippen molar-refractivity contribution >= 4 is 43.5 Å². The van der Waals surface area contributed by atoms with Gasteiger partial charge in [0.05, 0.1) is 22.6 Å². The number of hydrogen-bond acceptors (Lipinski definition) is 5. The summed E-state index contributed by atoms with van der Waals surface area (Å²) >= 11 is 9.26. The van der Waals surface area contributed by atoms with Crippen molar-refractivity contribution in [1.82, 2.24) is 0 Å². The molecule has 9 heteroatoms. The fourth-order valence-corrected chi connectivity index (χ4v) is 3.06. The van der Waals surface area contributed by atoms with Gasteiger partial charge in [0.2, 0.25) is 10.0 Å². The number of ether oxygens (including phenoxy) is 2. The lowest BCUT2D eigenvalue weighted by atomic mass is 10.2. The van der Waals surface area contributed by atoms with E-state index in [1.807, 2.05) is 0 Å². The summed E-state index contributed by atoms with van der Waals surface area (Å²) in [6.07, 6.45) is 0. The van der Waals surface area contributed by atoms with E-state index in [1.165, 1.54) is 19.2 Å². The highest BCUT2D eigenvalue weighted by Crippen LogP contribution is 2.25. The average molecular weight is 435 g/mol. The second-order valence-corrected chi connectivity index (χ2v) is 7.60.